The summed E-state index contributed by atoms with van der Waals surface area (Å²) < 4.78 is 2.05. The summed E-state index contributed by atoms with van der Waals surface area (Å²) in [5.74, 6) is -0.164. The largest absolute Gasteiger partial charge is 0.506 e. The molecule has 4 rings (SSSR count). The van der Waals surface area contributed by atoms with Crippen LogP contribution in [0.3, 0.4) is 0 Å². The molecule has 136 valence electrons. The summed E-state index contributed by atoms with van der Waals surface area (Å²) in [6.07, 6.45) is 1.45. The monoisotopic (exact) mass is 445 g/mol. The van der Waals surface area contributed by atoms with Gasteiger partial charge >= 0.3 is 0 Å². The molecule has 0 aliphatic carbocycles. The number of halogens is 1. The number of nitro groups is 1. The highest BCUT2D eigenvalue weighted by molar-refractivity contribution is 9.10. The summed E-state index contributed by atoms with van der Waals surface area (Å²) in [6, 6.07) is 6.30. The summed E-state index contributed by atoms with van der Waals surface area (Å²) in [7, 11) is 0. The molecule has 27 heavy (non-hydrogen) atoms. The van der Waals surface area contributed by atoms with Crippen molar-refractivity contribution >= 4 is 55.0 Å². The van der Waals surface area contributed by atoms with Crippen molar-refractivity contribution in [2.24, 2.45) is 0 Å². The number of non-ortho nitro benzene ring substituents is 1. The lowest BCUT2D eigenvalue weighted by atomic mass is 10.1. The van der Waals surface area contributed by atoms with Gasteiger partial charge in [0.05, 0.1) is 25.0 Å². The van der Waals surface area contributed by atoms with Crippen molar-refractivity contribution in [1.82, 2.24) is 9.38 Å². The van der Waals surface area contributed by atoms with Gasteiger partial charge in [0.25, 0.3) is 11.2 Å². The normalized spacial score (nSPS) is 12.3. The zero-order valence-electron chi connectivity index (χ0n) is 14.2. The zero-order chi connectivity index (χ0) is 19.5. The molecule has 7 nitrogen and oxygen atoms in total. The van der Waals surface area contributed by atoms with Crippen LogP contribution in [0.25, 0.3) is 22.1 Å². The standard InChI is InChI=1S/C18H12BrN3O4S/c1-8-3-13-14(4-9(8)2)21-17(24)15(27-18(21)20-13)6-10-5-11(22(25)26)7-12(19)16(10)23/h3-7,23H,1-2H3/b15-6-. The van der Waals surface area contributed by atoms with Crippen molar-refractivity contribution < 1.29 is 10.0 Å². The topological polar surface area (TPSA) is 97.7 Å². The molecular weight excluding hydrogens is 434 g/mol. The van der Waals surface area contributed by atoms with Gasteiger partial charge in [0.15, 0.2) is 4.96 Å². The number of nitrogens with zero attached hydrogens (tertiary/aromatic N) is 3. The number of thiazole rings is 1. The van der Waals surface area contributed by atoms with Crippen LogP contribution in [0.5, 0.6) is 5.75 Å². The van der Waals surface area contributed by atoms with Gasteiger partial charge in [-0.1, -0.05) is 11.3 Å². The Morgan fingerprint density at radius 3 is 2.67 bits per heavy atom. The second kappa shape index (κ2) is 6.14. The Morgan fingerprint density at radius 1 is 1.26 bits per heavy atom. The first-order valence-electron chi connectivity index (χ1n) is 7.87. The minimum absolute atomic E-state index is 0.164. The van der Waals surface area contributed by atoms with Gasteiger partial charge in [-0.25, -0.2) is 9.38 Å². The minimum Gasteiger partial charge on any atom is -0.506 e. The molecule has 4 aromatic rings. The number of hydrogen-bond acceptors (Lipinski definition) is 6. The molecule has 0 bridgehead atoms. The van der Waals surface area contributed by atoms with Crippen LogP contribution in [0.2, 0.25) is 0 Å². The fourth-order valence-corrected chi connectivity index (χ4v) is 4.32. The summed E-state index contributed by atoms with van der Waals surface area (Å²) in [6.45, 7) is 3.96. The van der Waals surface area contributed by atoms with E-state index in [1.165, 1.54) is 33.9 Å². The number of phenols is 1. The van der Waals surface area contributed by atoms with Crippen LogP contribution in [-0.2, 0) is 0 Å². The highest BCUT2D eigenvalue weighted by Gasteiger charge is 2.16. The van der Waals surface area contributed by atoms with Gasteiger partial charge in [-0.3, -0.25) is 14.9 Å². The summed E-state index contributed by atoms with van der Waals surface area (Å²) in [5, 5.41) is 21.3. The molecule has 2 heterocycles. The van der Waals surface area contributed by atoms with Gasteiger partial charge in [0.2, 0.25) is 0 Å². The van der Waals surface area contributed by atoms with Gasteiger partial charge < -0.3 is 5.11 Å². The van der Waals surface area contributed by atoms with Crippen LogP contribution in [0.15, 0.2) is 33.5 Å². The molecule has 0 atom stereocenters. The molecule has 0 aliphatic heterocycles. The molecule has 0 unspecified atom stereocenters. The van der Waals surface area contributed by atoms with Crippen LogP contribution >= 0.6 is 27.3 Å². The number of phenolic OH excluding ortho intramolecular Hbond substituents is 1. The number of benzene rings is 2. The Kier molecular flexibility index (Phi) is 4.01. The number of nitro benzene ring substituents is 1. The van der Waals surface area contributed by atoms with Gasteiger partial charge in [-0.2, -0.15) is 0 Å². The molecule has 0 fully saturated rings. The first-order valence-corrected chi connectivity index (χ1v) is 9.48. The first-order chi connectivity index (χ1) is 12.8. The Morgan fingerprint density at radius 2 is 1.96 bits per heavy atom. The number of fused-ring (bicyclic) bond motifs is 3. The van der Waals surface area contributed by atoms with Gasteiger partial charge in [0, 0.05) is 17.7 Å². The van der Waals surface area contributed by atoms with E-state index in [1.807, 2.05) is 26.0 Å². The number of imidazole rings is 1. The van der Waals surface area contributed by atoms with Crippen LogP contribution in [-0.4, -0.2) is 19.4 Å². The Hall–Kier alpha value is -2.78. The number of hydrogen-bond donors (Lipinski definition) is 1. The maximum absolute atomic E-state index is 12.9. The quantitative estimate of drug-likeness (QED) is 0.376. The molecule has 0 saturated heterocycles. The van der Waals surface area contributed by atoms with Gasteiger partial charge in [0.1, 0.15) is 5.75 Å². The van der Waals surface area contributed by atoms with Crippen LogP contribution < -0.4 is 10.1 Å². The average molecular weight is 446 g/mol. The lowest BCUT2D eigenvalue weighted by Crippen LogP contribution is -2.22. The predicted molar refractivity (Wildman–Crippen MR) is 108 cm³/mol. The van der Waals surface area contributed by atoms with E-state index in [2.05, 4.69) is 20.9 Å². The Labute approximate surface area is 164 Å². The van der Waals surface area contributed by atoms with E-state index >= 15 is 0 Å². The van der Waals surface area contributed by atoms with Crippen molar-refractivity contribution in [3.8, 4) is 5.75 Å². The number of aryl methyl sites for hydroxylation is 2. The number of rotatable bonds is 2. The summed E-state index contributed by atoms with van der Waals surface area (Å²) in [4.78, 5) is 28.4. The van der Waals surface area contributed by atoms with E-state index in [0.29, 0.717) is 9.49 Å². The van der Waals surface area contributed by atoms with E-state index in [0.717, 1.165) is 22.2 Å². The second-order valence-corrected chi connectivity index (χ2v) is 8.06. The number of aromatic hydroxyl groups is 1. The highest BCUT2D eigenvalue weighted by Crippen LogP contribution is 2.33. The van der Waals surface area contributed by atoms with Crippen molar-refractivity contribution in [2.45, 2.75) is 13.8 Å². The fourth-order valence-electron chi connectivity index (χ4n) is 2.88. The maximum Gasteiger partial charge on any atom is 0.274 e. The van der Waals surface area contributed by atoms with Crippen LogP contribution in [0, 0.1) is 24.0 Å². The van der Waals surface area contributed by atoms with E-state index < -0.39 is 4.92 Å². The molecular formula is C18H12BrN3O4S. The molecule has 0 saturated carbocycles. The van der Waals surface area contributed by atoms with Crippen molar-refractivity contribution in [3.63, 3.8) is 0 Å². The van der Waals surface area contributed by atoms with E-state index in [9.17, 15) is 20.0 Å². The highest BCUT2D eigenvalue weighted by atomic mass is 79.9. The summed E-state index contributed by atoms with van der Waals surface area (Å²) >= 11 is 4.28. The smallest absolute Gasteiger partial charge is 0.274 e. The van der Waals surface area contributed by atoms with Crippen molar-refractivity contribution in [2.75, 3.05) is 0 Å². The van der Waals surface area contributed by atoms with Crippen LogP contribution in [0.4, 0.5) is 5.69 Å². The number of aromatic nitrogens is 2. The molecule has 0 aliphatic rings. The minimum atomic E-state index is -0.556. The molecule has 0 amide bonds. The molecule has 9 heteroatoms. The molecule has 0 radical (unpaired) electrons. The molecule has 2 aromatic heterocycles. The maximum atomic E-state index is 12.9. The Balaban J connectivity index is 2.01. The SMILES string of the molecule is Cc1cc2nc3s/c(=C\c4cc([N+](=O)[O-])cc(Br)c4O)c(=O)n3c2cc1C. The third-order valence-corrected chi connectivity index (χ3v) is 6.00. The third-order valence-electron chi connectivity index (χ3n) is 4.43. The lowest BCUT2D eigenvalue weighted by molar-refractivity contribution is -0.385. The average Bonchev–Trinajstić information content (AvgIpc) is 3.08. The molecule has 2 aromatic carbocycles. The van der Waals surface area contributed by atoms with Gasteiger partial charge in [-0.05, 0) is 59.1 Å². The first kappa shape index (κ1) is 17.6. The van der Waals surface area contributed by atoms with Crippen molar-refractivity contribution in [1.29, 1.82) is 0 Å². The molecule has 0 spiro atoms. The second-order valence-electron chi connectivity index (χ2n) is 6.19. The third kappa shape index (κ3) is 2.79. The zero-order valence-corrected chi connectivity index (χ0v) is 16.6. The van der Waals surface area contributed by atoms with E-state index in [1.54, 1.807) is 0 Å². The van der Waals surface area contributed by atoms with E-state index in [4.69, 9.17) is 0 Å². The predicted octanol–water partition coefficient (Wildman–Crippen LogP) is 3.45. The van der Waals surface area contributed by atoms with Crippen molar-refractivity contribution in [3.05, 3.63) is 70.4 Å². The van der Waals surface area contributed by atoms with Crippen LogP contribution in [0.1, 0.15) is 16.7 Å². The Bertz CT molecular complexity index is 1370. The fraction of sp³-hybridized carbons (Fsp3) is 0.111. The lowest BCUT2D eigenvalue weighted by Gasteiger charge is -2.01. The van der Waals surface area contributed by atoms with Gasteiger partial charge in [-0.15, -0.1) is 0 Å². The van der Waals surface area contributed by atoms with E-state index in [-0.39, 0.29) is 27.0 Å². The molecule has 1 N–H and O–H groups in total. The summed E-state index contributed by atoms with van der Waals surface area (Å²) in [5.41, 5.74) is 3.35.